The number of aryl methyl sites for hydroxylation is 1. The van der Waals surface area contributed by atoms with Gasteiger partial charge in [-0.05, 0) is 49.7 Å². The first kappa shape index (κ1) is 16.8. The van der Waals surface area contributed by atoms with Crippen molar-refractivity contribution in [3.63, 3.8) is 0 Å². The quantitative estimate of drug-likeness (QED) is 0.922. The zero-order valence-electron chi connectivity index (χ0n) is 14.7. The van der Waals surface area contributed by atoms with E-state index in [4.69, 9.17) is 4.74 Å². The molecule has 0 radical (unpaired) electrons. The number of hydrogen-bond acceptors (Lipinski definition) is 3. The molecule has 0 aromatic heterocycles. The Balaban J connectivity index is 1.60. The molecule has 1 aromatic carbocycles. The summed E-state index contributed by atoms with van der Waals surface area (Å²) in [6, 6.07) is 6.04. The van der Waals surface area contributed by atoms with Crippen molar-refractivity contribution in [2.45, 2.75) is 39.2 Å². The molecule has 0 bridgehead atoms. The van der Waals surface area contributed by atoms with Crippen LogP contribution in [-0.2, 0) is 4.79 Å². The van der Waals surface area contributed by atoms with E-state index < -0.39 is 0 Å². The highest BCUT2D eigenvalue weighted by molar-refractivity contribution is 5.98. The molecule has 2 aliphatic rings. The number of rotatable bonds is 4. The molecule has 5 nitrogen and oxygen atoms in total. The van der Waals surface area contributed by atoms with Gasteiger partial charge in [-0.3, -0.25) is 9.59 Å². The summed E-state index contributed by atoms with van der Waals surface area (Å²) in [7, 11) is 1.61. The minimum Gasteiger partial charge on any atom is -0.496 e. The molecule has 2 fully saturated rings. The largest absolute Gasteiger partial charge is 0.496 e. The third kappa shape index (κ3) is 3.25. The average molecular weight is 330 g/mol. The Morgan fingerprint density at radius 3 is 2.67 bits per heavy atom. The molecule has 1 aliphatic carbocycles. The molecule has 1 saturated carbocycles. The molecule has 1 aromatic rings. The summed E-state index contributed by atoms with van der Waals surface area (Å²) in [4.78, 5) is 26.0. The number of nitrogens with one attached hydrogen (secondary N) is 1. The molecule has 1 atom stereocenters. The molecule has 1 unspecified atom stereocenters. The maximum Gasteiger partial charge on any atom is 0.257 e. The van der Waals surface area contributed by atoms with Gasteiger partial charge in [0.25, 0.3) is 5.91 Å². The molecule has 3 rings (SSSR count). The zero-order chi connectivity index (χ0) is 17.3. The Labute approximate surface area is 143 Å². The van der Waals surface area contributed by atoms with Gasteiger partial charge in [0, 0.05) is 26.1 Å². The molecule has 130 valence electrons. The summed E-state index contributed by atoms with van der Waals surface area (Å²) in [6.45, 7) is 5.14. The summed E-state index contributed by atoms with van der Waals surface area (Å²) in [5, 5.41) is 2.98. The highest BCUT2D eigenvalue weighted by Gasteiger charge is 2.40. The van der Waals surface area contributed by atoms with Crippen molar-refractivity contribution in [2.24, 2.45) is 11.8 Å². The van der Waals surface area contributed by atoms with Crippen LogP contribution in [0.2, 0.25) is 0 Å². The van der Waals surface area contributed by atoms with E-state index in [-0.39, 0.29) is 11.8 Å². The third-order valence-corrected chi connectivity index (χ3v) is 5.43. The van der Waals surface area contributed by atoms with Gasteiger partial charge in [-0.1, -0.05) is 12.1 Å². The second-order valence-corrected chi connectivity index (χ2v) is 7.08. The van der Waals surface area contributed by atoms with Gasteiger partial charge < -0.3 is 15.0 Å². The second kappa shape index (κ2) is 6.83. The number of nitrogens with zero attached hydrogens (tertiary/aromatic N) is 1. The Morgan fingerprint density at radius 2 is 2.00 bits per heavy atom. The molecule has 2 amide bonds. The zero-order valence-corrected chi connectivity index (χ0v) is 14.7. The number of benzene rings is 1. The Morgan fingerprint density at radius 1 is 1.25 bits per heavy atom. The van der Waals surface area contributed by atoms with E-state index in [0.29, 0.717) is 29.2 Å². The molecular formula is C19H26N2O3. The highest BCUT2D eigenvalue weighted by atomic mass is 16.5. The summed E-state index contributed by atoms with van der Waals surface area (Å²) in [6.07, 6.45) is 3.14. The van der Waals surface area contributed by atoms with Crippen molar-refractivity contribution in [2.75, 3.05) is 20.2 Å². The average Bonchev–Trinajstić information content (AvgIpc) is 2.98. The first-order valence-electron chi connectivity index (χ1n) is 8.69. The molecule has 1 saturated heterocycles. The maximum atomic E-state index is 12.9. The number of amides is 2. The normalized spacial score (nSPS) is 26.0. The number of methoxy groups -OCH3 is 1. The van der Waals surface area contributed by atoms with Gasteiger partial charge in [0.1, 0.15) is 5.75 Å². The SMILES string of the molecule is COc1cccc(C)c1C(=O)N1CCC(C2CC(NC(C)=O)C2)C1. The number of carbonyl (C=O) groups excluding carboxylic acids is 2. The summed E-state index contributed by atoms with van der Waals surface area (Å²) < 4.78 is 5.38. The fourth-order valence-electron chi connectivity index (χ4n) is 4.05. The molecule has 1 heterocycles. The van der Waals surface area contributed by atoms with E-state index in [1.165, 1.54) is 0 Å². The predicted octanol–water partition coefficient (Wildman–Crippen LogP) is 2.38. The van der Waals surface area contributed by atoms with Crippen molar-refractivity contribution >= 4 is 11.8 Å². The van der Waals surface area contributed by atoms with Gasteiger partial charge in [-0.2, -0.15) is 0 Å². The molecule has 1 N–H and O–H groups in total. The van der Waals surface area contributed by atoms with Gasteiger partial charge in [0.05, 0.1) is 12.7 Å². The van der Waals surface area contributed by atoms with E-state index in [9.17, 15) is 9.59 Å². The fraction of sp³-hybridized carbons (Fsp3) is 0.579. The van der Waals surface area contributed by atoms with E-state index >= 15 is 0 Å². The third-order valence-electron chi connectivity index (χ3n) is 5.43. The lowest BCUT2D eigenvalue weighted by molar-refractivity contribution is -0.120. The number of hydrogen-bond donors (Lipinski definition) is 1. The molecule has 5 heteroatoms. The lowest BCUT2D eigenvalue weighted by Crippen LogP contribution is -2.46. The van der Waals surface area contributed by atoms with Crippen LogP contribution in [0.1, 0.15) is 42.1 Å². The van der Waals surface area contributed by atoms with Crippen LogP contribution in [-0.4, -0.2) is 43.0 Å². The van der Waals surface area contributed by atoms with Crippen LogP contribution in [0, 0.1) is 18.8 Å². The Bertz CT molecular complexity index is 637. The molecular weight excluding hydrogens is 304 g/mol. The summed E-state index contributed by atoms with van der Waals surface area (Å²) in [5.41, 5.74) is 1.64. The van der Waals surface area contributed by atoms with Crippen LogP contribution in [0.5, 0.6) is 5.75 Å². The lowest BCUT2D eigenvalue weighted by atomic mass is 9.72. The second-order valence-electron chi connectivity index (χ2n) is 7.08. The van der Waals surface area contributed by atoms with Gasteiger partial charge in [0.15, 0.2) is 0 Å². The maximum absolute atomic E-state index is 12.9. The minimum atomic E-state index is 0.0494. The molecule has 0 spiro atoms. The summed E-state index contributed by atoms with van der Waals surface area (Å²) in [5.74, 6) is 1.95. The standard InChI is InChI=1S/C19H26N2O3/c1-12-5-4-6-17(24-3)18(12)19(23)21-8-7-14(11-21)15-9-16(10-15)20-13(2)22/h4-6,14-16H,7-11H2,1-3H3,(H,20,22). The molecule has 1 aliphatic heterocycles. The minimum absolute atomic E-state index is 0.0494. The van der Waals surface area contributed by atoms with Crippen molar-refractivity contribution in [3.8, 4) is 5.75 Å². The van der Waals surface area contributed by atoms with Crippen molar-refractivity contribution in [1.29, 1.82) is 0 Å². The van der Waals surface area contributed by atoms with E-state index in [0.717, 1.165) is 37.9 Å². The van der Waals surface area contributed by atoms with Gasteiger partial charge in [-0.15, -0.1) is 0 Å². The monoisotopic (exact) mass is 330 g/mol. The van der Waals surface area contributed by atoms with Crippen LogP contribution < -0.4 is 10.1 Å². The number of carbonyl (C=O) groups is 2. The van der Waals surface area contributed by atoms with Crippen LogP contribution >= 0.6 is 0 Å². The van der Waals surface area contributed by atoms with Gasteiger partial charge >= 0.3 is 0 Å². The highest BCUT2D eigenvalue weighted by Crippen LogP contribution is 2.39. The number of likely N-dealkylation sites (tertiary alicyclic amines) is 1. The Hall–Kier alpha value is -2.04. The van der Waals surface area contributed by atoms with Crippen LogP contribution in [0.4, 0.5) is 0 Å². The Kier molecular flexibility index (Phi) is 4.78. The predicted molar refractivity (Wildman–Crippen MR) is 92.1 cm³/mol. The van der Waals surface area contributed by atoms with E-state index in [1.54, 1.807) is 14.0 Å². The first-order chi connectivity index (χ1) is 11.5. The number of ether oxygens (including phenoxy) is 1. The van der Waals surface area contributed by atoms with Crippen molar-refractivity contribution in [1.82, 2.24) is 10.2 Å². The lowest BCUT2D eigenvalue weighted by Gasteiger charge is -2.39. The topological polar surface area (TPSA) is 58.6 Å². The van der Waals surface area contributed by atoms with E-state index in [1.807, 2.05) is 30.0 Å². The van der Waals surface area contributed by atoms with E-state index in [2.05, 4.69) is 5.32 Å². The van der Waals surface area contributed by atoms with Crippen molar-refractivity contribution in [3.05, 3.63) is 29.3 Å². The van der Waals surface area contributed by atoms with Crippen LogP contribution in [0.3, 0.4) is 0 Å². The van der Waals surface area contributed by atoms with Gasteiger partial charge in [-0.25, -0.2) is 0 Å². The smallest absolute Gasteiger partial charge is 0.257 e. The first-order valence-corrected chi connectivity index (χ1v) is 8.69. The fourth-order valence-corrected chi connectivity index (χ4v) is 4.05. The van der Waals surface area contributed by atoms with Gasteiger partial charge in [0.2, 0.25) is 5.91 Å². The summed E-state index contributed by atoms with van der Waals surface area (Å²) >= 11 is 0. The van der Waals surface area contributed by atoms with Crippen molar-refractivity contribution < 1.29 is 14.3 Å². The van der Waals surface area contributed by atoms with Crippen LogP contribution in [0.25, 0.3) is 0 Å². The van der Waals surface area contributed by atoms with Crippen LogP contribution in [0.15, 0.2) is 18.2 Å². The molecule has 24 heavy (non-hydrogen) atoms.